The quantitative estimate of drug-likeness (QED) is 0.778. The van der Waals surface area contributed by atoms with Crippen LogP contribution in [0.2, 0.25) is 0 Å². The molecule has 5 heteroatoms. The summed E-state index contributed by atoms with van der Waals surface area (Å²) >= 11 is 0. The summed E-state index contributed by atoms with van der Waals surface area (Å²) in [5, 5.41) is 23.4. The molecule has 0 aliphatic heterocycles. The summed E-state index contributed by atoms with van der Waals surface area (Å²) in [6.45, 7) is 12.7. The third kappa shape index (κ3) is 4.60. The van der Waals surface area contributed by atoms with Gasteiger partial charge in [0.2, 0.25) is 0 Å². The molecule has 1 aromatic heterocycles. The first kappa shape index (κ1) is 16.1. The van der Waals surface area contributed by atoms with Gasteiger partial charge in [0, 0.05) is 24.3 Å². The van der Waals surface area contributed by atoms with Crippen molar-refractivity contribution < 1.29 is 10.2 Å². The van der Waals surface area contributed by atoms with E-state index in [2.05, 4.69) is 16.9 Å². The number of aliphatic hydroxyl groups excluding tert-OH is 1. The second-order valence-electron chi connectivity index (χ2n) is 5.71. The van der Waals surface area contributed by atoms with Crippen LogP contribution >= 0.6 is 0 Å². The number of hydrogen-bond acceptors (Lipinski definition) is 4. The monoisotopic (exact) mass is 269 g/mol. The van der Waals surface area contributed by atoms with Gasteiger partial charge in [0.1, 0.15) is 0 Å². The van der Waals surface area contributed by atoms with Gasteiger partial charge < -0.3 is 10.2 Å². The molecule has 0 aliphatic rings. The highest BCUT2D eigenvalue weighted by atomic mass is 16.3. The number of nitrogens with zero attached hydrogens (tertiary/aromatic N) is 3. The zero-order chi connectivity index (χ0) is 14.6. The van der Waals surface area contributed by atoms with Gasteiger partial charge in [0.25, 0.3) is 0 Å². The molecule has 19 heavy (non-hydrogen) atoms. The van der Waals surface area contributed by atoms with Crippen molar-refractivity contribution in [2.24, 2.45) is 0 Å². The SMILES string of the molecule is CCN(Cc1c(C)nn(CCO)c1C)CC(C)(C)O. The third-order valence-electron chi connectivity index (χ3n) is 3.28. The maximum absolute atomic E-state index is 9.93. The lowest BCUT2D eigenvalue weighted by atomic mass is 10.1. The van der Waals surface area contributed by atoms with Gasteiger partial charge in [0.05, 0.1) is 24.4 Å². The van der Waals surface area contributed by atoms with E-state index in [0.717, 1.165) is 24.5 Å². The lowest BCUT2D eigenvalue weighted by Crippen LogP contribution is -2.38. The number of aliphatic hydroxyl groups is 2. The van der Waals surface area contributed by atoms with E-state index < -0.39 is 5.60 Å². The Morgan fingerprint density at radius 3 is 2.42 bits per heavy atom. The van der Waals surface area contributed by atoms with E-state index in [0.29, 0.717) is 13.1 Å². The summed E-state index contributed by atoms with van der Waals surface area (Å²) in [5.41, 5.74) is 2.60. The van der Waals surface area contributed by atoms with Crippen molar-refractivity contribution in [3.63, 3.8) is 0 Å². The van der Waals surface area contributed by atoms with Crippen molar-refractivity contribution >= 4 is 0 Å². The molecule has 2 N–H and O–H groups in total. The van der Waals surface area contributed by atoms with E-state index in [4.69, 9.17) is 5.11 Å². The number of aryl methyl sites for hydroxylation is 1. The Morgan fingerprint density at radius 2 is 1.95 bits per heavy atom. The van der Waals surface area contributed by atoms with E-state index >= 15 is 0 Å². The highest BCUT2D eigenvalue weighted by molar-refractivity contribution is 5.24. The molecule has 0 spiro atoms. The van der Waals surface area contributed by atoms with Crippen LogP contribution in [0.3, 0.4) is 0 Å². The fourth-order valence-corrected chi connectivity index (χ4v) is 2.33. The van der Waals surface area contributed by atoms with Gasteiger partial charge in [-0.25, -0.2) is 0 Å². The minimum Gasteiger partial charge on any atom is -0.394 e. The van der Waals surface area contributed by atoms with Crippen molar-refractivity contribution in [2.75, 3.05) is 19.7 Å². The fourth-order valence-electron chi connectivity index (χ4n) is 2.33. The molecule has 1 heterocycles. The molecule has 1 rings (SSSR count). The average Bonchev–Trinajstić information content (AvgIpc) is 2.54. The van der Waals surface area contributed by atoms with E-state index in [1.54, 1.807) is 0 Å². The molecule has 0 bridgehead atoms. The first-order valence-electron chi connectivity index (χ1n) is 6.87. The van der Waals surface area contributed by atoms with Crippen LogP contribution in [0.5, 0.6) is 0 Å². The topological polar surface area (TPSA) is 61.5 Å². The van der Waals surface area contributed by atoms with Gasteiger partial charge in [-0.1, -0.05) is 6.92 Å². The first-order valence-corrected chi connectivity index (χ1v) is 6.87. The Morgan fingerprint density at radius 1 is 1.32 bits per heavy atom. The van der Waals surface area contributed by atoms with Crippen LogP contribution in [-0.4, -0.2) is 50.2 Å². The molecule has 0 amide bonds. The number of likely N-dealkylation sites (N-methyl/N-ethyl adjacent to an activating group) is 1. The van der Waals surface area contributed by atoms with Crippen LogP contribution in [0.1, 0.15) is 37.7 Å². The normalized spacial score (nSPS) is 12.4. The lowest BCUT2D eigenvalue weighted by molar-refractivity contribution is 0.0352. The highest BCUT2D eigenvalue weighted by Gasteiger charge is 2.20. The Bertz CT molecular complexity index is 408. The van der Waals surface area contributed by atoms with E-state index in [9.17, 15) is 5.11 Å². The summed E-state index contributed by atoms with van der Waals surface area (Å²) in [6, 6.07) is 0. The summed E-state index contributed by atoms with van der Waals surface area (Å²) in [5.74, 6) is 0. The molecule has 0 aliphatic carbocycles. The van der Waals surface area contributed by atoms with Crippen molar-refractivity contribution in [2.45, 2.75) is 53.3 Å². The van der Waals surface area contributed by atoms with E-state index in [-0.39, 0.29) is 6.61 Å². The van der Waals surface area contributed by atoms with Gasteiger partial charge in [0.15, 0.2) is 0 Å². The molecule has 1 aromatic rings. The first-order chi connectivity index (χ1) is 8.78. The van der Waals surface area contributed by atoms with Crippen LogP contribution in [0.15, 0.2) is 0 Å². The van der Waals surface area contributed by atoms with Gasteiger partial charge in [-0.2, -0.15) is 5.10 Å². The summed E-state index contributed by atoms with van der Waals surface area (Å²) in [6.07, 6.45) is 0. The molecule has 0 fully saturated rings. The summed E-state index contributed by atoms with van der Waals surface area (Å²) < 4.78 is 1.85. The molecule has 0 radical (unpaired) electrons. The second-order valence-corrected chi connectivity index (χ2v) is 5.71. The molecular formula is C14H27N3O2. The van der Waals surface area contributed by atoms with Crippen LogP contribution in [-0.2, 0) is 13.1 Å². The standard InChI is InChI=1S/C14H27N3O2/c1-6-16(10-14(4,5)19)9-13-11(2)15-17(7-8-18)12(13)3/h18-19H,6-10H2,1-5H3. The lowest BCUT2D eigenvalue weighted by Gasteiger charge is -2.28. The van der Waals surface area contributed by atoms with Crippen molar-refractivity contribution in [1.82, 2.24) is 14.7 Å². The molecule has 110 valence electrons. The van der Waals surface area contributed by atoms with Gasteiger partial charge >= 0.3 is 0 Å². The van der Waals surface area contributed by atoms with Crippen molar-refractivity contribution in [1.29, 1.82) is 0 Å². The van der Waals surface area contributed by atoms with Gasteiger partial charge in [-0.15, -0.1) is 0 Å². The third-order valence-corrected chi connectivity index (χ3v) is 3.28. The molecule has 5 nitrogen and oxygen atoms in total. The van der Waals surface area contributed by atoms with Gasteiger partial charge in [-0.05, 0) is 34.2 Å². The molecule has 0 saturated carbocycles. The number of aromatic nitrogens is 2. The smallest absolute Gasteiger partial charge is 0.0718 e. The minimum atomic E-state index is -0.696. The van der Waals surface area contributed by atoms with Crippen LogP contribution in [0, 0.1) is 13.8 Å². The van der Waals surface area contributed by atoms with Gasteiger partial charge in [-0.3, -0.25) is 9.58 Å². The summed E-state index contributed by atoms with van der Waals surface area (Å²) in [4.78, 5) is 2.21. The van der Waals surface area contributed by atoms with Crippen LogP contribution in [0.25, 0.3) is 0 Å². The van der Waals surface area contributed by atoms with Crippen LogP contribution in [0.4, 0.5) is 0 Å². The molecular weight excluding hydrogens is 242 g/mol. The zero-order valence-corrected chi connectivity index (χ0v) is 12.8. The minimum absolute atomic E-state index is 0.0998. The Hall–Kier alpha value is -0.910. The Balaban J connectivity index is 2.85. The fraction of sp³-hybridized carbons (Fsp3) is 0.786. The van der Waals surface area contributed by atoms with Crippen LogP contribution < -0.4 is 0 Å². The maximum Gasteiger partial charge on any atom is 0.0718 e. The maximum atomic E-state index is 9.93. The molecule has 0 unspecified atom stereocenters. The molecule has 0 aromatic carbocycles. The predicted molar refractivity (Wildman–Crippen MR) is 76.0 cm³/mol. The number of hydrogen-bond donors (Lipinski definition) is 2. The zero-order valence-electron chi connectivity index (χ0n) is 12.8. The Kier molecular flexibility index (Phi) is 5.52. The predicted octanol–water partition coefficient (Wildman–Crippen LogP) is 1.09. The molecule has 0 atom stereocenters. The Labute approximate surface area is 115 Å². The van der Waals surface area contributed by atoms with E-state index in [1.165, 1.54) is 5.56 Å². The van der Waals surface area contributed by atoms with Crippen molar-refractivity contribution in [3.05, 3.63) is 17.0 Å². The molecule has 0 saturated heterocycles. The van der Waals surface area contributed by atoms with Crippen molar-refractivity contribution in [3.8, 4) is 0 Å². The second kappa shape index (κ2) is 6.50. The summed E-state index contributed by atoms with van der Waals surface area (Å²) in [7, 11) is 0. The van der Waals surface area contributed by atoms with E-state index in [1.807, 2.05) is 32.4 Å². The average molecular weight is 269 g/mol. The highest BCUT2D eigenvalue weighted by Crippen LogP contribution is 2.17. The number of rotatable bonds is 7. The largest absolute Gasteiger partial charge is 0.394 e.